The third kappa shape index (κ3) is 3.52. The third-order valence-electron chi connectivity index (χ3n) is 4.83. The minimum absolute atomic E-state index is 0.0547. The minimum Gasteiger partial charge on any atom is -0.508 e. The van der Waals surface area contributed by atoms with E-state index < -0.39 is 29.7 Å². The molecule has 2 aromatic rings. The summed E-state index contributed by atoms with van der Waals surface area (Å²) in [6, 6.07) is 5.23. The largest absolute Gasteiger partial charge is 0.508 e. The first-order chi connectivity index (χ1) is 14.3. The van der Waals surface area contributed by atoms with Gasteiger partial charge in [0.05, 0.1) is 6.54 Å². The van der Waals surface area contributed by atoms with E-state index in [0.717, 1.165) is 11.0 Å². The predicted octanol–water partition coefficient (Wildman–Crippen LogP) is -0.0681. The molecule has 30 heavy (non-hydrogen) atoms. The van der Waals surface area contributed by atoms with Crippen molar-refractivity contribution < 1.29 is 28.8 Å². The van der Waals surface area contributed by atoms with Gasteiger partial charge in [-0.1, -0.05) is 5.16 Å². The molecule has 2 aliphatic rings. The summed E-state index contributed by atoms with van der Waals surface area (Å²) in [5, 5.41) is 15.4. The second-order valence-electron chi connectivity index (χ2n) is 6.92. The summed E-state index contributed by atoms with van der Waals surface area (Å²) in [4.78, 5) is 55.1. The number of nitrogens with zero attached hydrogens (tertiary/aromatic N) is 4. The van der Waals surface area contributed by atoms with Gasteiger partial charge in [-0.15, -0.1) is 0 Å². The molecule has 0 radical (unpaired) electrons. The zero-order valence-corrected chi connectivity index (χ0v) is 15.9. The molecule has 11 nitrogen and oxygen atoms in total. The summed E-state index contributed by atoms with van der Waals surface area (Å²) in [7, 11) is 1.58. The minimum atomic E-state index is -1.02. The first kappa shape index (κ1) is 19.3. The molecule has 1 unspecified atom stereocenters. The van der Waals surface area contributed by atoms with Crippen LogP contribution >= 0.6 is 0 Å². The Bertz CT molecular complexity index is 1070. The first-order valence-electron chi connectivity index (χ1n) is 9.09. The molecule has 2 aliphatic heterocycles. The molecular formula is C19H17N5O6. The Morgan fingerprint density at radius 2 is 1.97 bits per heavy atom. The molecule has 2 N–H and O–H groups in total. The highest BCUT2D eigenvalue weighted by atomic mass is 16.5. The highest BCUT2D eigenvalue weighted by molar-refractivity contribution is 6.18. The van der Waals surface area contributed by atoms with Gasteiger partial charge in [0, 0.05) is 25.1 Å². The lowest BCUT2D eigenvalue weighted by Gasteiger charge is -2.29. The van der Waals surface area contributed by atoms with Gasteiger partial charge in [0.15, 0.2) is 0 Å². The topological polar surface area (TPSA) is 146 Å². The number of aromatic nitrogens is 2. The molecule has 4 rings (SSSR count). The smallest absolute Gasteiger partial charge is 0.277 e. The van der Waals surface area contributed by atoms with E-state index in [-0.39, 0.29) is 36.7 Å². The Morgan fingerprint density at radius 1 is 1.23 bits per heavy atom. The fourth-order valence-corrected chi connectivity index (χ4v) is 3.30. The molecule has 154 valence electrons. The number of aromatic hydroxyl groups is 1. The number of nitrogens with one attached hydrogen (secondary N) is 1. The predicted molar refractivity (Wildman–Crippen MR) is 99.0 cm³/mol. The zero-order valence-electron chi connectivity index (χ0n) is 15.9. The van der Waals surface area contributed by atoms with Crippen molar-refractivity contribution >= 4 is 23.6 Å². The maximum absolute atomic E-state index is 12.8. The van der Waals surface area contributed by atoms with E-state index in [1.54, 1.807) is 19.2 Å². The molecular weight excluding hydrogens is 394 g/mol. The fourth-order valence-electron chi connectivity index (χ4n) is 3.30. The Morgan fingerprint density at radius 3 is 2.67 bits per heavy atom. The molecule has 1 atom stereocenters. The van der Waals surface area contributed by atoms with Crippen LogP contribution in [0.3, 0.4) is 0 Å². The summed E-state index contributed by atoms with van der Waals surface area (Å²) in [5.41, 5.74) is 0.718. The van der Waals surface area contributed by atoms with Crippen LogP contribution in [-0.2, 0) is 25.7 Å². The van der Waals surface area contributed by atoms with Crippen molar-refractivity contribution in [3.05, 3.63) is 41.9 Å². The number of hydrogen-bond donors (Lipinski definition) is 2. The lowest BCUT2D eigenvalue weighted by molar-refractivity contribution is -0.150. The fraction of sp³-hybridized carbons (Fsp3) is 0.263. The van der Waals surface area contributed by atoms with Crippen LogP contribution in [0.25, 0.3) is 11.4 Å². The van der Waals surface area contributed by atoms with Crippen molar-refractivity contribution in [2.45, 2.75) is 25.4 Å². The summed E-state index contributed by atoms with van der Waals surface area (Å²) in [6.07, 6.45) is 1.29. The molecule has 1 saturated heterocycles. The van der Waals surface area contributed by atoms with Gasteiger partial charge in [0.1, 0.15) is 17.5 Å². The Kier molecular flexibility index (Phi) is 4.78. The lowest BCUT2D eigenvalue weighted by Crippen LogP contribution is -2.54. The number of benzene rings is 1. The van der Waals surface area contributed by atoms with Crippen molar-refractivity contribution in [2.75, 3.05) is 7.05 Å². The lowest BCUT2D eigenvalue weighted by atomic mass is 10.0. The number of hydrogen-bond acceptors (Lipinski definition) is 9. The number of amides is 4. The van der Waals surface area contributed by atoms with Crippen molar-refractivity contribution in [3.63, 3.8) is 0 Å². The van der Waals surface area contributed by atoms with Gasteiger partial charge in [-0.25, -0.2) is 0 Å². The number of phenols is 1. The van der Waals surface area contributed by atoms with Gasteiger partial charge >= 0.3 is 0 Å². The van der Waals surface area contributed by atoms with Crippen LogP contribution in [-0.4, -0.2) is 61.8 Å². The van der Waals surface area contributed by atoms with Gasteiger partial charge < -0.3 is 14.5 Å². The number of likely N-dealkylation sites (N-methyl/N-ethyl adjacent to an activating group) is 1. The Balaban J connectivity index is 1.46. The maximum atomic E-state index is 12.8. The average molecular weight is 411 g/mol. The molecule has 0 saturated carbocycles. The standard InChI is InChI=1S/C19H17N5O6/c1-23(9-15-21-17(22-30-15)10-2-4-11(25)5-3-10)13-8-16(27)24(19(13)29)12-6-7-14(26)20-18(12)28/h2-5,8,12,25H,6-7,9H2,1H3,(H,20,26,28). The molecule has 1 aromatic carbocycles. The molecule has 0 spiro atoms. The number of rotatable bonds is 5. The second kappa shape index (κ2) is 7.43. The Labute approximate surface area is 169 Å². The van der Waals surface area contributed by atoms with Gasteiger partial charge in [0.25, 0.3) is 11.8 Å². The van der Waals surface area contributed by atoms with Crippen molar-refractivity contribution in [3.8, 4) is 17.1 Å². The van der Waals surface area contributed by atoms with E-state index in [1.807, 2.05) is 0 Å². The van der Waals surface area contributed by atoms with Gasteiger partial charge in [-0.05, 0) is 30.7 Å². The summed E-state index contributed by atoms with van der Waals surface area (Å²) in [6.45, 7) is 0.0547. The van der Waals surface area contributed by atoms with Crippen molar-refractivity contribution in [1.29, 1.82) is 0 Å². The van der Waals surface area contributed by atoms with E-state index in [1.165, 1.54) is 17.0 Å². The third-order valence-corrected chi connectivity index (χ3v) is 4.83. The number of phenolic OH excluding ortho intramolecular Hbond substituents is 1. The summed E-state index contributed by atoms with van der Waals surface area (Å²) in [5.74, 6) is -1.71. The average Bonchev–Trinajstić information content (AvgIpc) is 3.27. The SMILES string of the molecule is CN(Cc1nc(-c2ccc(O)cc2)no1)C1=CC(=O)N(C2CCC(=O)NC2=O)C1=O. The molecule has 1 aromatic heterocycles. The normalized spacial score (nSPS) is 19.2. The quantitative estimate of drug-likeness (QED) is 0.646. The molecule has 11 heteroatoms. The van der Waals surface area contributed by atoms with Crippen LogP contribution in [0.5, 0.6) is 5.75 Å². The van der Waals surface area contributed by atoms with E-state index in [4.69, 9.17) is 4.52 Å². The van der Waals surface area contributed by atoms with Crippen LogP contribution in [0.4, 0.5) is 0 Å². The molecule has 0 bridgehead atoms. The van der Waals surface area contributed by atoms with Gasteiger partial charge in [-0.3, -0.25) is 29.4 Å². The number of carbonyl (C=O) groups excluding carboxylic acids is 4. The zero-order chi connectivity index (χ0) is 21.4. The van der Waals surface area contributed by atoms with Crippen molar-refractivity contribution in [1.82, 2.24) is 25.3 Å². The van der Waals surface area contributed by atoms with Crippen LogP contribution in [0.1, 0.15) is 18.7 Å². The van der Waals surface area contributed by atoms with E-state index in [0.29, 0.717) is 11.4 Å². The van der Waals surface area contributed by atoms with Crippen LogP contribution in [0.2, 0.25) is 0 Å². The van der Waals surface area contributed by atoms with E-state index in [9.17, 15) is 24.3 Å². The Hall–Kier alpha value is -4.02. The highest BCUT2D eigenvalue weighted by Crippen LogP contribution is 2.24. The molecule has 1 fully saturated rings. The maximum Gasteiger partial charge on any atom is 0.277 e. The van der Waals surface area contributed by atoms with Crippen molar-refractivity contribution in [2.24, 2.45) is 0 Å². The monoisotopic (exact) mass is 411 g/mol. The van der Waals surface area contributed by atoms with Crippen LogP contribution in [0, 0.1) is 0 Å². The number of carbonyl (C=O) groups is 4. The summed E-state index contributed by atoms with van der Waals surface area (Å²) < 4.78 is 5.21. The van der Waals surface area contributed by atoms with E-state index in [2.05, 4.69) is 15.5 Å². The van der Waals surface area contributed by atoms with Gasteiger partial charge in [0.2, 0.25) is 23.5 Å². The molecule has 4 amide bonds. The first-order valence-corrected chi connectivity index (χ1v) is 9.09. The molecule has 3 heterocycles. The van der Waals surface area contributed by atoms with E-state index >= 15 is 0 Å². The van der Waals surface area contributed by atoms with Gasteiger partial charge in [-0.2, -0.15) is 4.98 Å². The number of imide groups is 2. The highest BCUT2D eigenvalue weighted by Gasteiger charge is 2.43. The molecule has 0 aliphatic carbocycles. The van der Waals surface area contributed by atoms with Crippen LogP contribution < -0.4 is 5.32 Å². The van der Waals surface area contributed by atoms with Crippen LogP contribution in [0.15, 0.2) is 40.6 Å². The number of piperidine rings is 1. The second-order valence-corrected chi connectivity index (χ2v) is 6.92. The summed E-state index contributed by atoms with van der Waals surface area (Å²) >= 11 is 0.